The van der Waals surface area contributed by atoms with Crippen molar-refractivity contribution in [3.8, 4) is 5.75 Å². The predicted molar refractivity (Wildman–Crippen MR) is 83.8 cm³/mol. The summed E-state index contributed by atoms with van der Waals surface area (Å²) >= 11 is 9.36. The van der Waals surface area contributed by atoms with Crippen molar-refractivity contribution in [2.24, 2.45) is 0 Å². The van der Waals surface area contributed by atoms with E-state index in [2.05, 4.69) is 21.2 Å². The molecular weight excluding hydrogens is 358 g/mol. The summed E-state index contributed by atoms with van der Waals surface area (Å²) in [5.74, 6) is 0.389. The van der Waals surface area contributed by atoms with Crippen LogP contribution in [0.2, 0.25) is 5.02 Å². The Bertz CT molecular complexity index is 720. The Morgan fingerprint density at radius 1 is 1.24 bits per heavy atom. The van der Waals surface area contributed by atoms with E-state index in [0.717, 1.165) is 4.47 Å². The lowest BCUT2D eigenvalue weighted by molar-refractivity contribution is -0.118. The normalized spacial score (nSPS) is 14.9. The highest BCUT2D eigenvalue weighted by molar-refractivity contribution is 9.10. The van der Waals surface area contributed by atoms with Gasteiger partial charge in [0.2, 0.25) is 0 Å². The number of carbonyl (C=O) groups is 1. The van der Waals surface area contributed by atoms with Gasteiger partial charge >= 0.3 is 0 Å². The highest BCUT2D eigenvalue weighted by Gasteiger charge is 2.19. The van der Waals surface area contributed by atoms with E-state index >= 15 is 0 Å². The number of rotatable bonds is 2. The van der Waals surface area contributed by atoms with E-state index in [1.54, 1.807) is 36.4 Å². The van der Waals surface area contributed by atoms with Crippen molar-refractivity contribution < 1.29 is 14.6 Å². The molecule has 3 rings (SSSR count). The fraction of sp³-hybridized carbons (Fsp3) is 0.133. The summed E-state index contributed by atoms with van der Waals surface area (Å²) in [5.41, 5.74) is 1.88. The van der Waals surface area contributed by atoms with Gasteiger partial charge in [-0.1, -0.05) is 23.7 Å². The third-order valence-electron chi connectivity index (χ3n) is 3.21. The molecule has 1 unspecified atom stereocenters. The van der Waals surface area contributed by atoms with Crippen molar-refractivity contribution >= 4 is 39.1 Å². The molecule has 2 N–H and O–H groups in total. The van der Waals surface area contributed by atoms with Crippen LogP contribution in [0.1, 0.15) is 17.2 Å². The maximum atomic E-state index is 11.3. The Kier molecular flexibility index (Phi) is 3.89. The van der Waals surface area contributed by atoms with Crippen LogP contribution in [-0.4, -0.2) is 17.6 Å². The average molecular weight is 369 g/mol. The fourth-order valence-electron chi connectivity index (χ4n) is 2.15. The van der Waals surface area contributed by atoms with Gasteiger partial charge in [-0.25, -0.2) is 0 Å². The third-order valence-corrected chi connectivity index (χ3v) is 4.44. The lowest BCUT2D eigenvalue weighted by Gasteiger charge is -2.20. The molecule has 0 saturated heterocycles. The molecule has 2 aromatic carbocycles. The second-order valence-corrected chi connectivity index (χ2v) is 5.93. The molecule has 0 aliphatic carbocycles. The first-order valence-electron chi connectivity index (χ1n) is 6.24. The summed E-state index contributed by atoms with van der Waals surface area (Å²) in [4.78, 5) is 11.3. The van der Waals surface area contributed by atoms with Gasteiger partial charge in [-0.05, 0) is 51.3 Å². The maximum Gasteiger partial charge on any atom is 0.262 e. The lowest BCUT2D eigenvalue weighted by atomic mass is 10.0. The number of fused-ring (bicyclic) bond motifs is 1. The third kappa shape index (κ3) is 2.90. The van der Waals surface area contributed by atoms with Gasteiger partial charge in [-0.3, -0.25) is 4.79 Å². The van der Waals surface area contributed by atoms with Crippen LogP contribution >= 0.6 is 27.5 Å². The molecule has 108 valence electrons. The van der Waals surface area contributed by atoms with E-state index in [1.807, 2.05) is 0 Å². The van der Waals surface area contributed by atoms with Crippen LogP contribution in [0.25, 0.3) is 0 Å². The summed E-state index contributed by atoms with van der Waals surface area (Å²) in [7, 11) is 0. The van der Waals surface area contributed by atoms with E-state index in [0.29, 0.717) is 27.6 Å². The number of aliphatic hydroxyl groups excluding tert-OH is 1. The number of halogens is 2. The van der Waals surface area contributed by atoms with Gasteiger partial charge in [0.1, 0.15) is 11.9 Å². The van der Waals surface area contributed by atoms with Gasteiger partial charge in [0.15, 0.2) is 6.61 Å². The number of ether oxygens (including phenoxy) is 1. The minimum Gasteiger partial charge on any atom is -0.482 e. The number of benzene rings is 2. The summed E-state index contributed by atoms with van der Waals surface area (Å²) in [6, 6.07) is 10.5. The van der Waals surface area contributed by atoms with Crippen molar-refractivity contribution in [3.63, 3.8) is 0 Å². The number of carbonyl (C=O) groups excluding carboxylic acids is 1. The number of amides is 1. The molecule has 1 aliphatic rings. The lowest BCUT2D eigenvalue weighted by Crippen LogP contribution is -2.25. The van der Waals surface area contributed by atoms with Crippen molar-refractivity contribution in [2.45, 2.75) is 6.10 Å². The monoisotopic (exact) mass is 367 g/mol. The molecule has 0 saturated carbocycles. The van der Waals surface area contributed by atoms with Gasteiger partial charge in [0.25, 0.3) is 5.91 Å². The Morgan fingerprint density at radius 2 is 1.95 bits per heavy atom. The molecule has 0 aromatic heterocycles. The van der Waals surface area contributed by atoms with Gasteiger partial charge in [0, 0.05) is 4.47 Å². The van der Waals surface area contributed by atoms with Gasteiger partial charge < -0.3 is 15.2 Å². The average Bonchev–Trinajstić information content (AvgIpc) is 2.48. The van der Waals surface area contributed by atoms with Crippen molar-refractivity contribution in [3.05, 3.63) is 57.0 Å². The maximum absolute atomic E-state index is 11.3. The standard InChI is InChI=1S/C15H11BrClNO3/c16-10-3-1-8(5-11(10)17)15(20)9-2-4-13-12(6-9)18-14(19)7-21-13/h1-6,15,20H,7H2,(H,18,19). The van der Waals surface area contributed by atoms with E-state index < -0.39 is 6.10 Å². The molecule has 1 atom stereocenters. The minimum absolute atomic E-state index is 0.0111. The van der Waals surface area contributed by atoms with Gasteiger partial charge in [-0.2, -0.15) is 0 Å². The number of hydrogen-bond acceptors (Lipinski definition) is 3. The molecule has 1 amide bonds. The first-order chi connectivity index (χ1) is 10.0. The molecule has 6 heteroatoms. The Labute approximate surface area is 134 Å². The van der Waals surface area contributed by atoms with E-state index in [-0.39, 0.29) is 12.5 Å². The van der Waals surface area contributed by atoms with E-state index in [1.165, 1.54) is 0 Å². The van der Waals surface area contributed by atoms with Crippen molar-refractivity contribution in [2.75, 3.05) is 11.9 Å². The summed E-state index contributed by atoms with van der Waals surface area (Å²) < 4.78 is 6.06. The zero-order valence-corrected chi connectivity index (χ0v) is 13.1. The second-order valence-electron chi connectivity index (χ2n) is 4.67. The van der Waals surface area contributed by atoms with Gasteiger partial charge in [0.05, 0.1) is 10.7 Å². The Balaban J connectivity index is 1.94. The Hall–Kier alpha value is -1.56. The van der Waals surface area contributed by atoms with Crippen molar-refractivity contribution in [1.29, 1.82) is 0 Å². The van der Waals surface area contributed by atoms with Crippen LogP contribution in [0, 0.1) is 0 Å². The van der Waals surface area contributed by atoms with Crippen LogP contribution in [0.15, 0.2) is 40.9 Å². The summed E-state index contributed by atoms with van der Waals surface area (Å²) in [5, 5.41) is 13.7. The van der Waals surface area contributed by atoms with Crippen LogP contribution in [0.5, 0.6) is 5.75 Å². The minimum atomic E-state index is -0.834. The molecular formula is C15H11BrClNO3. The number of nitrogens with one attached hydrogen (secondary N) is 1. The van der Waals surface area contributed by atoms with Crippen LogP contribution < -0.4 is 10.1 Å². The number of hydrogen-bond donors (Lipinski definition) is 2. The van der Waals surface area contributed by atoms with Crippen molar-refractivity contribution in [1.82, 2.24) is 0 Å². The molecule has 0 radical (unpaired) electrons. The first-order valence-corrected chi connectivity index (χ1v) is 7.41. The molecule has 1 heterocycles. The zero-order valence-electron chi connectivity index (χ0n) is 10.8. The number of anilines is 1. The first kappa shape index (κ1) is 14.4. The van der Waals surface area contributed by atoms with Crippen LogP contribution in [0.4, 0.5) is 5.69 Å². The predicted octanol–water partition coefficient (Wildman–Crippen LogP) is 3.52. The van der Waals surface area contributed by atoms with Gasteiger partial charge in [-0.15, -0.1) is 0 Å². The highest BCUT2D eigenvalue weighted by Crippen LogP contribution is 2.34. The van der Waals surface area contributed by atoms with Crippen LogP contribution in [-0.2, 0) is 4.79 Å². The fourth-order valence-corrected chi connectivity index (χ4v) is 2.58. The summed E-state index contributed by atoms with van der Waals surface area (Å²) in [6.45, 7) is 0.0111. The molecule has 0 bridgehead atoms. The highest BCUT2D eigenvalue weighted by atomic mass is 79.9. The largest absolute Gasteiger partial charge is 0.482 e. The molecule has 0 fully saturated rings. The quantitative estimate of drug-likeness (QED) is 0.853. The Morgan fingerprint density at radius 3 is 2.71 bits per heavy atom. The molecule has 21 heavy (non-hydrogen) atoms. The van der Waals surface area contributed by atoms with E-state index in [4.69, 9.17) is 16.3 Å². The van der Waals surface area contributed by atoms with Crippen LogP contribution in [0.3, 0.4) is 0 Å². The molecule has 1 aliphatic heterocycles. The molecule has 0 spiro atoms. The topological polar surface area (TPSA) is 58.6 Å². The second kappa shape index (κ2) is 5.67. The zero-order chi connectivity index (χ0) is 15.0. The summed E-state index contributed by atoms with van der Waals surface area (Å²) in [6.07, 6.45) is -0.834. The molecule has 2 aromatic rings. The molecule has 4 nitrogen and oxygen atoms in total. The number of aliphatic hydroxyl groups is 1. The van der Waals surface area contributed by atoms with E-state index in [9.17, 15) is 9.90 Å². The SMILES string of the molecule is O=C1COc2ccc(C(O)c3ccc(Br)c(Cl)c3)cc2N1. The smallest absolute Gasteiger partial charge is 0.262 e.